The molecule has 1 unspecified atom stereocenters. The Kier molecular flexibility index (Phi) is 11.9. The van der Waals surface area contributed by atoms with Gasteiger partial charge in [0.05, 0.1) is 16.6 Å². The van der Waals surface area contributed by atoms with Gasteiger partial charge in [-0.05, 0) is 89.8 Å². The summed E-state index contributed by atoms with van der Waals surface area (Å²) in [4.78, 5) is 0. The van der Waals surface area contributed by atoms with Crippen molar-refractivity contribution < 1.29 is 22.2 Å². The van der Waals surface area contributed by atoms with E-state index in [4.69, 9.17) is 22.2 Å². The molecule has 0 fully saturated rings. The van der Waals surface area contributed by atoms with Crippen LogP contribution in [0.15, 0.2) is 130 Å². The second-order valence-electron chi connectivity index (χ2n) is 16.0. The number of rotatable bonds is 6. The highest BCUT2D eigenvalue weighted by molar-refractivity contribution is 7.32. The molecule has 1 heterocycles. The number of hydrogen-bond donors (Lipinski definition) is 0. The molecule has 1 aromatic heterocycles. The SMILES string of the molecule is COc1cc(-c2cc(C)cc(C(C)(C)C)c2OP)c(Op2oc3ccccc3c3ccccc3o2)c(C(C)(C)C)c1.Cc1ccccc1-c1ccccc1C. The number of methoxy groups -OCH3 is 1. The first-order valence-corrected chi connectivity index (χ1v) is 20.1. The van der Waals surface area contributed by atoms with Gasteiger partial charge < -0.3 is 22.2 Å². The number of fused-ring (bicyclic) bond motifs is 3. The number of ether oxygens (including phenoxy) is 1. The Hall–Kier alpha value is -4.95. The van der Waals surface area contributed by atoms with Gasteiger partial charge in [-0.2, -0.15) is 0 Å². The van der Waals surface area contributed by atoms with Crippen LogP contribution in [0.1, 0.15) is 69.4 Å². The highest BCUT2D eigenvalue weighted by Crippen LogP contribution is 2.51. The van der Waals surface area contributed by atoms with Crippen molar-refractivity contribution in [1.82, 2.24) is 0 Å². The molecule has 0 aliphatic rings. The minimum atomic E-state index is -1.87. The molecule has 0 saturated carbocycles. The summed E-state index contributed by atoms with van der Waals surface area (Å²) in [5, 5.41) is 1.93. The lowest BCUT2D eigenvalue weighted by molar-refractivity contribution is 0.410. The third-order valence-corrected chi connectivity index (χ3v) is 11.0. The fraction of sp³-hybridized carbons (Fsp3) is 0.250. The first-order chi connectivity index (χ1) is 26.2. The van der Waals surface area contributed by atoms with E-state index in [-0.39, 0.29) is 10.8 Å². The molecule has 0 aliphatic carbocycles. The standard InChI is InChI=1S/C34H38O5P2.C14H14/c1-21-17-25(31(36-40)27(18-21)33(2,3)4)26-19-22(35-8)20-28(34(5,6)7)32(26)39-41-37-29-15-11-9-13-23(29)24-14-10-12-16-30(24)38-41;1-11-7-3-5-9-13(11)14-10-6-4-8-12(14)2/h9-20H,40H2,1-8H3;3-10H,1-2H3. The monoisotopic (exact) mass is 770 g/mol. The van der Waals surface area contributed by atoms with Crippen molar-refractivity contribution in [2.45, 2.75) is 73.1 Å². The largest absolute Gasteiger partial charge is 0.497 e. The predicted molar refractivity (Wildman–Crippen MR) is 235 cm³/mol. The molecule has 55 heavy (non-hydrogen) atoms. The molecule has 0 aliphatic heterocycles. The van der Waals surface area contributed by atoms with Gasteiger partial charge in [-0.15, -0.1) is 0 Å². The van der Waals surface area contributed by atoms with Crippen LogP contribution in [-0.4, -0.2) is 7.11 Å². The Morgan fingerprint density at radius 2 is 0.982 bits per heavy atom. The van der Waals surface area contributed by atoms with Crippen LogP contribution in [0.4, 0.5) is 0 Å². The van der Waals surface area contributed by atoms with Crippen molar-refractivity contribution in [3.8, 4) is 39.5 Å². The molecule has 7 heteroatoms. The molecule has 0 saturated heterocycles. The summed E-state index contributed by atoms with van der Waals surface area (Å²) >= 11 is 0. The minimum absolute atomic E-state index is 0.148. The van der Waals surface area contributed by atoms with Gasteiger partial charge in [-0.1, -0.05) is 133 Å². The third kappa shape index (κ3) is 8.80. The van der Waals surface area contributed by atoms with Crippen molar-refractivity contribution in [1.29, 1.82) is 0 Å². The summed E-state index contributed by atoms with van der Waals surface area (Å²) in [6.07, 6.45) is 0. The number of para-hydroxylation sites is 2. The Balaban J connectivity index is 0.000000307. The molecule has 0 amide bonds. The second kappa shape index (κ2) is 16.4. The van der Waals surface area contributed by atoms with E-state index in [0.717, 1.165) is 61.3 Å². The van der Waals surface area contributed by atoms with E-state index in [9.17, 15) is 0 Å². The van der Waals surface area contributed by atoms with E-state index in [2.05, 4.69) is 132 Å². The summed E-state index contributed by atoms with van der Waals surface area (Å²) in [7, 11) is 2.25. The lowest BCUT2D eigenvalue weighted by atomic mass is 9.81. The summed E-state index contributed by atoms with van der Waals surface area (Å²) in [6, 6.07) is 41.3. The Morgan fingerprint density at radius 3 is 1.45 bits per heavy atom. The van der Waals surface area contributed by atoms with Crippen LogP contribution < -0.4 is 13.8 Å². The number of benzene rings is 6. The van der Waals surface area contributed by atoms with Gasteiger partial charge >= 0.3 is 8.24 Å². The van der Waals surface area contributed by atoms with Crippen LogP contribution in [-0.2, 0) is 10.8 Å². The second-order valence-corrected chi connectivity index (χ2v) is 17.2. The molecule has 0 bridgehead atoms. The van der Waals surface area contributed by atoms with Gasteiger partial charge in [0, 0.05) is 33.0 Å². The van der Waals surface area contributed by atoms with Gasteiger partial charge in [0.15, 0.2) is 0 Å². The van der Waals surface area contributed by atoms with E-state index in [1.165, 1.54) is 22.3 Å². The Bertz CT molecular complexity index is 2400. The van der Waals surface area contributed by atoms with Gasteiger partial charge in [0.25, 0.3) is 0 Å². The van der Waals surface area contributed by atoms with E-state index in [0.29, 0.717) is 5.75 Å². The zero-order valence-electron chi connectivity index (χ0n) is 33.6. The van der Waals surface area contributed by atoms with E-state index in [1.807, 2.05) is 60.7 Å². The average molecular weight is 771 g/mol. The fourth-order valence-corrected chi connectivity index (χ4v) is 8.16. The third-order valence-electron chi connectivity index (χ3n) is 9.71. The predicted octanol–water partition coefficient (Wildman–Crippen LogP) is 14.9. The molecule has 0 radical (unpaired) electrons. The van der Waals surface area contributed by atoms with Gasteiger partial charge in [0.2, 0.25) is 0 Å². The molecule has 5 nitrogen and oxygen atoms in total. The molecular formula is C48H52O5P2. The van der Waals surface area contributed by atoms with Crippen LogP contribution in [0.5, 0.6) is 17.2 Å². The molecule has 0 N–H and O–H groups in total. The zero-order valence-corrected chi connectivity index (χ0v) is 35.7. The summed E-state index contributed by atoms with van der Waals surface area (Å²) in [6.45, 7) is 19.5. The Labute approximate surface area is 329 Å². The lowest BCUT2D eigenvalue weighted by Crippen LogP contribution is -2.14. The van der Waals surface area contributed by atoms with Crippen LogP contribution in [0.25, 0.3) is 44.2 Å². The average Bonchev–Trinajstić information content (AvgIpc) is 3.31. The minimum Gasteiger partial charge on any atom is -0.497 e. The maximum atomic E-state index is 6.86. The topological polar surface area (TPSA) is 54.0 Å². The zero-order chi connectivity index (χ0) is 39.5. The van der Waals surface area contributed by atoms with Crippen LogP contribution in [0, 0.1) is 20.8 Å². The van der Waals surface area contributed by atoms with Crippen molar-refractivity contribution in [2.24, 2.45) is 0 Å². The normalized spacial score (nSPS) is 11.5. The maximum absolute atomic E-state index is 6.86. The van der Waals surface area contributed by atoms with Crippen LogP contribution in [0.2, 0.25) is 0 Å². The summed E-state index contributed by atoms with van der Waals surface area (Å²) in [5.74, 6) is 2.18. The summed E-state index contributed by atoms with van der Waals surface area (Å²) < 4.78 is 31.6. The number of aryl methyl sites for hydroxylation is 3. The van der Waals surface area contributed by atoms with Crippen molar-refractivity contribution >= 4 is 39.6 Å². The smallest absolute Gasteiger partial charge is 0.453 e. The van der Waals surface area contributed by atoms with Crippen molar-refractivity contribution in [3.05, 3.63) is 149 Å². The van der Waals surface area contributed by atoms with E-state index >= 15 is 0 Å². The first-order valence-electron chi connectivity index (χ1n) is 18.6. The van der Waals surface area contributed by atoms with Gasteiger partial charge in [0.1, 0.15) is 28.4 Å². The highest BCUT2D eigenvalue weighted by atomic mass is 31.1. The maximum Gasteiger partial charge on any atom is 0.453 e. The molecule has 1 atom stereocenters. The van der Waals surface area contributed by atoms with E-state index < -0.39 is 8.24 Å². The molecule has 0 spiro atoms. The quantitative estimate of drug-likeness (QED) is 0.158. The van der Waals surface area contributed by atoms with Gasteiger partial charge in [-0.25, -0.2) is 0 Å². The molecule has 6 aromatic carbocycles. The Morgan fingerprint density at radius 1 is 0.527 bits per heavy atom. The molecule has 284 valence electrons. The van der Waals surface area contributed by atoms with Gasteiger partial charge in [-0.3, -0.25) is 0 Å². The van der Waals surface area contributed by atoms with E-state index in [1.54, 1.807) is 7.11 Å². The van der Waals surface area contributed by atoms with Crippen molar-refractivity contribution in [3.63, 3.8) is 0 Å². The molecule has 7 aromatic rings. The van der Waals surface area contributed by atoms with Crippen molar-refractivity contribution in [2.75, 3.05) is 7.11 Å². The first kappa shape index (κ1) is 39.7. The highest BCUT2D eigenvalue weighted by Gasteiger charge is 2.29. The molecular weight excluding hydrogens is 718 g/mol. The fourth-order valence-electron chi connectivity index (χ4n) is 6.81. The number of hydrogen-bond acceptors (Lipinski definition) is 5. The van der Waals surface area contributed by atoms with Crippen LogP contribution in [0.3, 0.4) is 0 Å². The summed E-state index contributed by atoms with van der Waals surface area (Å²) in [5.41, 5.74) is 11.3. The van der Waals surface area contributed by atoms with Crippen LogP contribution >= 0.6 is 17.7 Å². The molecule has 7 rings (SSSR count). The lowest BCUT2D eigenvalue weighted by Gasteiger charge is -2.28.